The van der Waals surface area contributed by atoms with Crippen molar-refractivity contribution in [1.82, 2.24) is 5.32 Å². The summed E-state index contributed by atoms with van der Waals surface area (Å²) in [5, 5.41) is 14.0. The summed E-state index contributed by atoms with van der Waals surface area (Å²) in [7, 11) is 0. The molecule has 5 nitrogen and oxygen atoms in total. The van der Waals surface area contributed by atoms with E-state index in [1.165, 1.54) is 0 Å². The van der Waals surface area contributed by atoms with Gasteiger partial charge in [0.15, 0.2) is 0 Å². The van der Waals surface area contributed by atoms with E-state index in [1.807, 2.05) is 12.1 Å². The number of carbonyl (C=O) groups is 1. The highest BCUT2D eigenvalue weighted by Gasteiger charge is 2.13. The highest BCUT2D eigenvalue weighted by Crippen LogP contribution is 2.24. The topological polar surface area (TPSA) is 70.6 Å². The maximum Gasteiger partial charge on any atom is 0.319 e. The van der Waals surface area contributed by atoms with Crippen molar-refractivity contribution < 1.29 is 14.6 Å². The molecule has 86 valence electrons. The van der Waals surface area contributed by atoms with E-state index in [2.05, 4.69) is 10.6 Å². The number of amides is 2. The summed E-state index contributed by atoms with van der Waals surface area (Å²) in [5.74, 6) is 0.703. The van der Waals surface area contributed by atoms with Gasteiger partial charge in [-0.2, -0.15) is 0 Å². The van der Waals surface area contributed by atoms with Crippen LogP contribution in [-0.4, -0.2) is 24.4 Å². The van der Waals surface area contributed by atoms with Crippen LogP contribution in [0.25, 0.3) is 0 Å². The molecule has 5 heteroatoms. The monoisotopic (exact) mass is 222 g/mol. The molecular weight excluding hydrogens is 208 g/mol. The fourth-order valence-electron chi connectivity index (χ4n) is 1.51. The van der Waals surface area contributed by atoms with Crippen LogP contribution in [0.3, 0.4) is 0 Å². The van der Waals surface area contributed by atoms with Gasteiger partial charge in [0.25, 0.3) is 0 Å². The van der Waals surface area contributed by atoms with Crippen molar-refractivity contribution in [1.29, 1.82) is 0 Å². The normalized spacial score (nSPS) is 13.7. The molecule has 0 fully saturated rings. The van der Waals surface area contributed by atoms with Crippen molar-refractivity contribution in [2.24, 2.45) is 0 Å². The SMILES string of the molecule is O=C1NCc2ccc(OCCCO)cc2N1. The number of hydrogen-bond donors (Lipinski definition) is 3. The molecule has 1 aromatic carbocycles. The molecule has 0 bridgehead atoms. The smallest absolute Gasteiger partial charge is 0.319 e. The first kappa shape index (κ1) is 10.8. The predicted molar refractivity (Wildman–Crippen MR) is 59.5 cm³/mol. The lowest BCUT2D eigenvalue weighted by Gasteiger charge is -2.19. The molecule has 0 unspecified atom stereocenters. The van der Waals surface area contributed by atoms with Crippen LogP contribution in [0.2, 0.25) is 0 Å². The van der Waals surface area contributed by atoms with Crippen LogP contribution in [0, 0.1) is 0 Å². The third kappa shape index (κ3) is 2.43. The minimum absolute atomic E-state index is 0.117. The van der Waals surface area contributed by atoms with E-state index >= 15 is 0 Å². The minimum atomic E-state index is -0.194. The Hall–Kier alpha value is -1.75. The molecule has 0 spiro atoms. The Kier molecular flexibility index (Phi) is 3.26. The molecule has 0 radical (unpaired) electrons. The van der Waals surface area contributed by atoms with Crippen LogP contribution < -0.4 is 15.4 Å². The van der Waals surface area contributed by atoms with Gasteiger partial charge in [-0.3, -0.25) is 0 Å². The molecule has 1 aliphatic rings. The molecular formula is C11H14N2O3. The lowest BCUT2D eigenvalue weighted by Crippen LogP contribution is -2.33. The maximum atomic E-state index is 11.1. The fourth-order valence-corrected chi connectivity index (χ4v) is 1.51. The second-order valence-electron chi connectivity index (χ2n) is 3.55. The van der Waals surface area contributed by atoms with E-state index in [-0.39, 0.29) is 12.6 Å². The molecule has 1 aliphatic heterocycles. The van der Waals surface area contributed by atoms with E-state index in [0.29, 0.717) is 25.3 Å². The fraction of sp³-hybridized carbons (Fsp3) is 0.364. The van der Waals surface area contributed by atoms with Crippen molar-refractivity contribution in [3.63, 3.8) is 0 Å². The Balaban J connectivity index is 2.06. The van der Waals surface area contributed by atoms with Crippen LogP contribution in [0.1, 0.15) is 12.0 Å². The van der Waals surface area contributed by atoms with Crippen molar-refractivity contribution in [3.8, 4) is 5.75 Å². The van der Waals surface area contributed by atoms with Gasteiger partial charge in [-0.15, -0.1) is 0 Å². The average molecular weight is 222 g/mol. The molecule has 2 amide bonds. The lowest BCUT2D eigenvalue weighted by molar-refractivity contribution is 0.233. The van der Waals surface area contributed by atoms with Gasteiger partial charge in [0.05, 0.1) is 12.3 Å². The summed E-state index contributed by atoms with van der Waals surface area (Å²) in [4.78, 5) is 11.1. The number of benzene rings is 1. The number of aliphatic hydroxyl groups is 1. The van der Waals surface area contributed by atoms with Crippen LogP contribution in [0.5, 0.6) is 5.75 Å². The van der Waals surface area contributed by atoms with Gasteiger partial charge in [0, 0.05) is 25.6 Å². The minimum Gasteiger partial charge on any atom is -0.493 e. The van der Waals surface area contributed by atoms with Gasteiger partial charge >= 0.3 is 6.03 Å². The summed E-state index contributed by atoms with van der Waals surface area (Å²) < 4.78 is 5.42. The molecule has 0 atom stereocenters. The third-order valence-corrected chi connectivity index (χ3v) is 2.34. The van der Waals surface area contributed by atoms with Crippen LogP contribution in [-0.2, 0) is 6.54 Å². The number of rotatable bonds is 4. The third-order valence-electron chi connectivity index (χ3n) is 2.34. The number of anilines is 1. The molecule has 16 heavy (non-hydrogen) atoms. The highest BCUT2D eigenvalue weighted by molar-refractivity contribution is 5.92. The van der Waals surface area contributed by atoms with E-state index in [9.17, 15) is 4.79 Å². The van der Waals surface area contributed by atoms with Gasteiger partial charge < -0.3 is 20.5 Å². The highest BCUT2D eigenvalue weighted by atomic mass is 16.5. The Morgan fingerprint density at radius 3 is 3.12 bits per heavy atom. The first-order chi connectivity index (χ1) is 7.79. The first-order valence-electron chi connectivity index (χ1n) is 5.21. The molecule has 1 aromatic rings. The van der Waals surface area contributed by atoms with E-state index < -0.39 is 0 Å². The number of nitrogens with one attached hydrogen (secondary N) is 2. The zero-order valence-electron chi connectivity index (χ0n) is 8.82. The van der Waals surface area contributed by atoms with Crippen molar-refractivity contribution in [2.75, 3.05) is 18.5 Å². The van der Waals surface area contributed by atoms with Crippen molar-refractivity contribution >= 4 is 11.7 Å². The number of carbonyl (C=O) groups excluding carboxylic acids is 1. The average Bonchev–Trinajstić information content (AvgIpc) is 2.29. The van der Waals surface area contributed by atoms with Gasteiger partial charge in [0.1, 0.15) is 5.75 Å². The van der Waals surface area contributed by atoms with Gasteiger partial charge in [-0.1, -0.05) is 6.07 Å². The zero-order valence-corrected chi connectivity index (χ0v) is 8.82. The first-order valence-corrected chi connectivity index (χ1v) is 5.21. The van der Waals surface area contributed by atoms with E-state index in [1.54, 1.807) is 6.07 Å². The zero-order chi connectivity index (χ0) is 11.4. The Labute approximate surface area is 93.4 Å². The Morgan fingerprint density at radius 1 is 1.44 bits per heavy atom. The van der Waals surface area contributed by atoms with Crippen molar-refractivity contribution in [3.05, 3.63) is 23.8 Å². The largest absolute Gasteiger partial charge is 0.493 e. The maximum absolute atomic E-state index is 11.1. The molecule has 0 saturated heterocycles. The predicted octanol–water partition coefficient (Wildman–Crippen LogP) is 1.08. The van der Waals surface area contributed by atoms with Gasteiger partial charge in [-0.05, 0) is 11.6 Å². The molecule has 0 aliphatic carbocycles. The number of aliphatic hydroxyl groups excluding tert-OH is 1. The number of urea groups is 1. The molecule has 2 rings (SSSR count). The molecule has 0 aromatic heterocycles. The number of hydrogen-bond acceptors (Lipinski definition) is 3. The summed E-state index contributed by atoms with van der Waals surface area (Å²) in [6.07, 6.45) is 0.602. The summed E-state index contributed by atoms with van der Waals surface area (Å²) >= 11 is 0. The molecule has 1 heterocycles. The van der Waals surface area contributed by atoms with Crippen LogP contribution in [0.15, 0.2) is 18.2 Å². The second kappa shape index (κ2) is 4.85. The summed E-state index contributed by atoms with van der Waals surface area (Å²) in [5.41, 5.74) is 1.82. The quantitative estimate of drug-likeness (QED) is 0.668. The van der Waals surface area contributed by atoms with Crippen molar-refractivity contribution in [2.45, 2.75) is 13.0 Å². The van der Waals surface area contributed by atoms with Gasteiger partial charge in [-0.25, -0.2) is 4.79 Å². The Bertz CT molecular complexity index is 393. The van der Waals surface area contributed by atoms with Crippen LogP contribution in [0.4, 0.5) is 10.5 Å². The van der Waals surface area contributed by atoms with E-state index in [4.69, 9.17) is 9.84 Å². The molecule has 3 N–H and O–H groups in total. The van der Waals surface area contributed by atoms with Crippen LogP contribution >= 0.6 is 0 Å². The van der Waals surface area contributed by atoms with Gasteiger partial charge in [0.2, 0.25) is 0 Å². The number of ether oxygens (including phenoxy) is 1. The standard InChI is InChI=1S/C11H14N2O3/c14-4-1-5-16-9-3-2-8-7-12-11(15)13-10(8)6-9/h2-3,6,14H,1,4-5,7H2,(H2,12,13,15). The Morgan fingerprint density at radius 2 is 2.31 bits per heavy atom. The molecule has 0 saturated carbocycles. The lowest BCUT2D eigenvalue weighted by atomic mass is 10.1. The van der Waals surface area contributed by atoms with E-state index in [0.717, 1.165) is 11.3 Å². The summed E-state index contributed by atoms with van der Waals surface area (Å²) in [6, 6.07) is 5.37. The number of fused-ring (bicyclic) bond motifs is 1. The second-order valence-corrected chi connectivity index (χ2v) is 3.55. The summed E-state index contributed by atoms with van der Waals surface area (Å²) in [6.45, 7) is 1.13.